The molecule has 1 rings (SSSR count). The fourth-order valence-electron chi connectivity index (χ4n) is 1.57. The Balaban J connectivity index is 3.31. The van der Waals surface area contributed by atoms with Crippen molar-refractivity contribution in [3.63, 3.8) is 0 Å². The van der Waals surface area contributed by atoms with Crippen LogP contribution in [0.25, 0.3) is 0 Å². The molecule has 0 saturated carbocycles. The summed E-state index contributed by atoms with van der Waals surface area (Å²) in [6, 6.07) is -0.489. The molecule has 8 nitrogen and oxygen atoms in total. The van der Waals surface area contributed by atoms with E-state index in [2.05, 4.69) is 4.72 Å². The molecule has 19 heavy (non-hydrogen) atoms. The Labute approximate surface area is 110 Å². The van der Waals surface area contributed by atoms with Crippen LogP contribution < -0.4 is 16.0 Å². The quantitative estimate of drug-likeness (QED) is 0.704. The van der Waals surface area contributed by atoms with E-state index in [-0.39, 0.29) is 6.61 Å². The van der Waals surface area contributed by atoms with Crippen molar-refractivity contribution in [2.75, 3.05) is 13.7 Å². The summed E-state index contributed by atoms with van der Waals surface area (Å²) in [7, 11) is 0.0422. The van der Waals surface area contributed by atoms with Gasteiger partial charge in [0.2, 0.25) is 10.0 Å². The first-order valence-electron chi connectivity index (χ1n) is 5.48. The number of rotatable bonds is 5. The van der Waals surface area contributed by atoms with Crippen molar-refractivity contribution >= 4 is 10.0 Å². The third-order valence-corrected chi connectivity index (χ3v) is 4.05. The molecule has 0 fully saturated rings. The smallest absolute Gasteiger partial charge is 0.330 e. The van der Waals surface area contributed by atoms with Crippen LogP contribution in [0.1, 0.15) is 6.92 Å². The van der Waals surface area contributed by atoms with Crippen LogP contribution in [0.5, 0.6) is 0 Å². The van der Waals surface area contributed by atoms with Crippen molar-refractivity contribution in [2.45, 2.75) is 17.9 Å². The van der Waals surface area contributed by atoms with Crippen LogP contribution in [0.2, 0.25) is 0 Å². The van der Waals surface area contributed by atoms with E-state index >= 15 is 0 Å². The van der Waals surface area contributed by atoms with Gasteiger partial charge in [-0.25, -0.2) is 17.9 Å². The average Bonchev–Trinajstić information content (AvgIpc) is 2.30. The number of aryl methyl sites for hydroxylation is 1. The minimum atomic E-state index is -4.00. The van der Waals surface area contributed by atoms with Crippen LogP contribution in [0.4, 0.5) is 0 Å². The van der Waals surface area contributed by atoms with Crippen molar-refractivity contribution in [2.24, 2.45) is 14.1 Å². The summed E-state index contributed by atoms with van der Waals surface area (Å²) in [4.78, 5) is 22.8. The Bertz CT molecular complexity index is 673. The summed E-state index contributed by atoms with van der Waals surface area (Å²) in [5.41, 5.74) is -1.45. The molecule has 1 atom stereocenters. The van der Waals surface area contributed by atoms with Crippen LogP contribution in [0, 0.1) is 0 Å². The molecule has 1 aromatic heterocycles. The molecule has 0 aliphatic rings. The van der Waals surface area contributed by atoms with E-state index in [0.29, 0.717) is 0 Å². The van der Waals surface area contributed by atoms with Gasteiger partial charge < -0.3 is 9.30 Å². The number of methoxy groups -OCH3 is 1. The van der Waals surface area contributed by atoms with Gasteiger partial charge in [0, 0.05) is 33.4 Å². The summed E-state index contributed by atoms with van der Waals surface area (Å²) in [6.07, 6.45) is 1.01. The standard InChI is InChI=1S/C10H17N3O5S/c1-7(6-18-4)11-19(16,17)8-5-12(2)10(15)13(3)9(8)14/h5,7,11H,6H2,1-4H3. The number of nitrogens with one attached hydrogen (secondary N) is 1. The summed E-state index contributed by atoms with van der Waals surface area (Å²) >= 11 is 0. The highest BCUT2D eigenvalue weighted by atomic mass is 32.2. The Morgan fingerprint density at radius 1 is 1.37 bits per heavy atom. The Morgan fingerprint density at radius 3 is 2.47 bits per heavy atom. The first kappa shape index (κ1) is 15.6. The molecule has 9 heteroatoms. The Kier molecular flexibility index (Phi) is 4.66. The number of hydrogen-bond acceptors (Lipinski definition) is 5. The molecule has 0 bridgehead atoms. The molecule has 1 N–H and O–H groups in total. The van der Waals surface area contributed by atoms with Gasteiger partial charge in [-0.05, 0) is 6.92 Å². The fraction of sp³-hybridized carbons (Fsp3) is 0.600. The van der Waals surface area contributed by atoms with Crippen LogP contribution in [-0.4, -0.2) is 37.3 Å². The average molecular weight is 291 g/mol. The zero-order valence-electron chi connectivity index (χ0n) is 11.2. The topological polar surface area (TPSA) is 99.4 Å². The number of hydrogen-bond donors (Lipinski definition) is 1. The van der Waals surface area contributed by atoms with Gasteiger partial charge >= 0.3 is 5.69 Å². The molecule has 0 amide bonds. The van der Waals surface area contributed by atoms with E-state index in [0.717, 1.165) is 15.3 Å². The van der Waals surface area contributed by atoms with Gasteiger partial charge in [0.1, 0.15) is 0 Å². The van der Waals surface area contributed by atoms with Gasteiger partial charge in [-0.3, -0.25) is 9.36 Å². The number of sulfonamides is 1. The number of aromatic nitrogens is 2. The van der Waals surface area contributed by atoms with Crippen molar-refractivity contribution < 1.29 is 13.2 Å². The highest BCUT2D eigenvalue weighted by Crippen LogP contribution is 2.01. The lowest BCUT2D eigenvalue weighted by molar-refractivity contribution is 0.180. The monoisotopic (exact) mass is 291 g/mol. The lowest BCUT2D eigenvalue weighted by atomic mass is 10.4. The van der Waals surface area contributed by atoms with E-state index in [4.69, 9.17) is 4.74 Å². The molecular weight excluding hydrogens is 274 g/mol. The molecular formula is C10H17N3O5S. The molecule has 1 heterocycles. The van der Waals surface area contributed by atoms with E-state index in [1.807, 2.05) is 0 Å². The second kappa shape index (κ2) is 5.68. The summed E-state index contributed by atoms with van der Waals surface area (Å²) in [6.45, 7) is 1.78. The molecule has 0 aliphatic heterocycles. The van der Waals surface area contributed by atoms with Crippen LogP contribution in [0.3, 0.4) is 0 Å². The van der Waals surface area contributed by atoms with Crippen molar-refractivity contribution in [3.8, 4) is 0 Å². The highest BCUT2D eigenvalue weighted by Gasteiger charge is 2.23. The van der Waals surface area contributed by atoms with E-state index < -0.39 is 32.2 Å². The SMILES string of the molecule is COCC(C)NS(=O)(=O)c1cn(C)c(=O)n(C)c1=O. The molecule has 1 aromatic rings. The van der Waals surface area contributed by atoms with Gasteiger partial charge in [0.25, 0.3) is 5.56 Å². The van der Waals surface area contributed by atoms with Crippen molar-refractivity contribution in [1.29, 1.82) is 0 Å². The number of ether oxygens (including phenoxy) is 1. The van der Waals surface area contributed by atoms with Gasteiger partial charge in [0.15, 0.2) is 4.90 Å². The maximum Gasteiger partial charge on any atom is 0.330 e. The normalized spacial score (nSPS) is 13.5. The lowest BCUT2D eigenvalue weighted by Crippen LogP contribution is -2.43. The first-order chi connectivity index (χ1) is 8.70. The van der Waals surface area contributed by atoms with Crippen molar-refractivity contribution in [1.82, 2.24) is 13.9 Å². The molecule has 0 spiro atoms. The van der Waals surface area contributed by atoms with Gasteiger partial charge in [-0.1, -0.05) is 0 Å². The molecule has 0 radical (unpaired) electrons. The number of nitrogens with zero attached hydrogens (tertiary/aromatic N) is 2. The summed E-state index contributed by atoms with van der Waals surface area (Å²) in [5.74, 6) is 0. The zero-order valence-corrected chi connectivity index (χ0v) is 12.0. The Hall–Kier alpha value is -1.45. The second-order valence-electron chi connectivity index (χ2n) is 4.23. The molecule has 0 aromatic carbocycles. The molecule has 1 unspecified atom stereocenters. The predicted molar refractivity (Wildman–Crippen MR) is 68.6 cm³/mol. The summed E-state index contributed by atoms with van der Waals surface area (Å²) in [5, 5.41) is 0. The van der Waals surface area contributed by atoms with Crippen molar-refractivity contribution in [3.05, 3.63) is 27.0 Å². The minimum absolute atomic E-state index is 0.172. The first-order valence-corrected chi connectivity index (χ1v) is 6.97. The van der Waals surface area contributed by atoms with E-state index in [1.54, 1.807) is 6.92 Å². The van der Waals surface area contributed by atoms with E-state index in [1.165, 1.54) is 21.2 Å². The maximum atomic E-state index is 12.1. The van der Waals surface area contributed by atoms with Gasteiger partial charge in [-0.2, -0.15) is 0 Å². The fourth-order valence-corrected chi connectivity index (χ4v) is 2.96. The third kappa shape index (κ3) is 3.31. The maximum absolute atomic E-state index is 12.1. The highest BCUT2D eigenvalue weighted by molar-refractivity contribution is 7.89. The largest absolute Gasteiger partial charge is 0.383 e. The molecule has 0 saturated heterocycles. The second-order valence-corrected chi connectivity index (χ2v) is 5.91. The van der Waals surface area contributed by atoms with Crippen LogP contribution in [-0.2, 0) is 28.9 Å². The van der Waals surface area contributed by atoms with E-state index in [9.17, 15) is 18.0 Å². The predicted octanol–water partition coefficient (Wildman–Crippen LogP) is -1.60. The third-order valence-electron chi connectivity index (χ3n) is 2.48. The van der Waals surface area contributed by atoms with Gasteiger partial charge in [-0.15, -0.1) is 0 Å². The minimum Gasteiger partial charge on any atom is -0.383 e. The van der Waals surface area contributed by atoms with Crippen LogP contribution >= 0.6 is 0 Å². The lowest BCUT2D eigenvalue weighted by Gasteiger charge is -2.13. The zero-order chi connectivity index (χ0) is 14.8. The Morgan fingerprint density at radius 2 is 1.95 bits per heavy atom. The van der Waals surface area contributed by atoms with Crippen LogP contribution in [0.15, 0.2) is 20.7 Å². The van der Waals surface area contributed by atoms with Gasteiger partial charge in [0.05, 0.1) is 6.61 Å². The molecule has 0 aliphatic carbocycles. The summed E-state index contributed by atoms with van der Waals surface area (Å²) < 4.78 is 33.0. The molecule has 108 valence electrons.